The topological polar surface area (TPSA) is 56.7 Å². The Morgan fingerprint density at radius 2 is 1.95 bits per heavy atom. The van der Waals surface area contributed by atoms with Crippen LogP contribution in [0.3, 0.4) is 0 Å². The minimum Gasteiger partial charge on any atom is -0.399 e. The second kappa shape index (κ2) is 4.98. The molecule has 2 N–H and O–H groups in total. The molecule has 0 atom stereocenters. The Hall–Kier alpha value is -2.33. The molecule has 100 valence electrons. The van der Waals surface area contributed by atoms with Gasteiger partial charge in [-0.3, -0.25) is 0 Å². The Bertz CT molecular complexity index is 764. The fraction of sp³-hybridized carbons (Fsp3) is 0.0667. The van der Waals surface area contributed by atoms with Crippen molar-refractivity contribution in [3.8, 4) is 22.5 Å². The first kappa shape index (κ1) is 12.7. The molecule has 0 aliphatic rings. The van der Waals surface area contributed by atoms with Gasteiger partial charge in [0.1, 0.15) is 6.33 Å². The molecule has 0 aliphatic heterocycles. The molecule has 0 saturated heterocycles. The lowest BCUT2D eigenvalue weighted by Gasteiger charge is -2.10. The Labute approximate surface area is 121 Å². The van der Waals surface area contributed by atoms with E-state index in [1.165, 1.54) is 0 Å². The summed E-state index contributed by atoms with van der Waals surface area (Å²) in [5.74, 6) is 0.768. The zero-order chi connectivity index (χ0) is 14.1. The van der Waals surface area contributed by atoms with Crippen LogP contribution in [0.15, 0.2) is 48.8 Å². The highest BCUT2D eigenvalue weighted by Gasteiger charge is 2.12. The molecule has 4 nitrogen and oxygen atoms in total. The standard InChI is InChI=1S/C15H13ClN4/c1-20-9-18-19-15(20)14-8-11(16)5-6-13(14)10-3-2-4-12(17)7-10/h2-9H,17H2,1H3. The Kier molecular flexibility index (Phi) is 3.16. The van der Waals surface area contributed by atoms with Crippen molar-refractivity contribution in [2.45, 2.75) is 0 Å². The first-order valence-electron chi connectivity index (χ1n) is 6.15. The normalized spacial score (nSPS) is 10.7. The average Bonchev–Trinajstić information content (AvgIpc) is 2.85. The highest BCUT2D eigenvalue weighted by molar-refractivity contribution is 6.31. The van der Waals surface area contributed by atoms with E-state index in [-0.39, 0.29) is 0 Å². The summed E-state index contributed by atoms with van der Waals surface area (Å²) < 4.78 is 1.86. The number of nitrogens with zero attached hydrogens (tertiary/aromatic N) is 3. The number of nitrogens with two attached hydrogens (primary N) is 1. The third kappa shape index (κ3) is 2.26. The monoisotopic (exact) mass is 284 g/mol. The smallest absolute Gasteiger partial charge is 0.164 e. The van der Waals surface area contributed by atoms with E-state index in [9.17, 15) is 0 Å². The third-order valence-corrected chi connectivity index (χ3v) is 3.37. The summed E-state index contributed by atoms with van der Waals surface area (Å²) in [5.41, 5.74) is 9.58. The number of aryl methyl sites for hydroxylation is 1. The van der Waals surface area contributed by atoms with E-state index in [0.29, 0.717) is 5.02 Å². The number of aromatic nitrogens is 3. The predicted molar refractivity (Wildman–Crippen MR) is 81.3 cm³/mol. The molecule has 20 heavy (non-hydrogen) atoms. The summed E-state index contributed by atoms with van der Waals surface area (Å²) >= 11 is 6.12. The Balaban J connectivity index is 2.24. The van der Waals surface area contributed by atoms with Crippen LogP contribution in [0, 0.1) is 0 Å². The summed E-state index contributed by atoms with van der Waals surface area (Å²) in [6.07, 6.45) is 1.67. The van der Waals surface area contributed by atoms with Crippen LogP contribution in [0.2, 0.25) is 5.02 Å². The van der Waals surface area contributed by atoms with Crippen molar-refractivity contribution in [3.63, 3.8) is 0 Å². The van der Waals surface area contributed by atoms with E-state index in [2.05, 4.69) is 10.2 Å². The molecule has 0 unspecified atom stereocenters. The van der Waals surface area contributed by atoms with Gasteiger partial charge in [0.15, 0.2) is 5.82 Å². The summed E-state index contributed by atoms with van der Waals surface area (Å²) in [4.78, 5) is 0. The SMILES string of the molecule is Cn1cnnc1-c1cc(Cl)ccc1-c1cccc(N)c1. The minimum atomic E-state index is 0.663. The van der Waals surface area contributed by atoms with E-state index >= 15 is 0 Å². The molecule has 3 aromatic rings. The van der Waals surface area contributed by atoms with E-state index in [1.807, 2.05) is 54.1 Å². The van der Waals surface area contributed by atoms with Gasteiger partial charge in [0.05, 0.1) is 0 Å². The van der Waals surface area contributed by atoms with Gasteiger partial charge in [0, 0.05) is 23.3 Å². The zero-order valence-electron chi connectivity index (χ0n) is 10.9. The molecule has 5 heteroatoms. The van der Waals surface area contributed by atoms with Crippen molar-refractivity contribution in [1.82, 2.24) is 14.8 Å². The van der Waals surface area contributed by atoms with Crippen LogP contribution in [0.1, 0.15) is 0 Å². The van der Waals surface area contributed by atoms with Gasteiger partial charge in [-0.1, -0.05) is 29.8 Å². The molecule has 2 aromatic carbocycles. The lowest BCUT2D eigenvalue weighted by molar-refractivity contribution is 0.920. The first-order valence-corrected chi connectivity index (χ1v) is 6.53. The van der Waals surface area contributed by atoms with Crippen molar-refractivity contribution in [2.75, 3.05) is 5.73 Å². The third-order valence-electron chi connectivity index (χ3n) is 3.13. The van der Waals surface area contributed by atoms with Crippen molar-refractivity contribution in [1.29, 1.82) is 0 Å². The fourth-order valence-corrected chi connectivity index (χ4v) is 2.36. The number of rotatable bonds is 2. The van der Waals surface area contributed by atoms with E-state index in [4.69, 9.17) is 17.3 Å². The summed E-state index contributed by atoms with van der Waals surface area (Å²) in [6.45, 7) is 0. The molecular weight excluding hydrogens is 272 g/mol. The molecule has 0 spiro atoms. The van der Waals surface area contributed by atoms with Crippen LogP contribution < -0.4 is 5.73 Å². The van der Waals surface area contributed by atoms with E-state index < -0.39 is 0 Å². The molecule has 3 rings (SSSR count). The largest absolute Gasteiger partial charge is 0.399 e. The van der Waals surface area contributed by atoms with Gasteiger partial charge in [-0.2, -0.15) is 0 Å². The van der Waals surface area contributed by atoms with Crippen molar-refractivity contribution < 1.29 is 0 Å². The predicted octanol–water partition coefficient (Wildman–Crippen LogP) is 3.38. The molecular formula is C15H13ClN4. The molecule has 0 radical (unpaired) electrons. The maximum Gasteiger partial charge on any atom is 0.164 e. The van der Waals surface area contributed by atoms with Gasteiger partial charge in [-0.25, -0.2) is 0 Å². The van der Waals surface area contributed by atoms with E-state index in [0.717, 1.165) is 28.2 Å². The highest BCUT2D eigenvalue weighted by atomic mass is 35.5. The van der Waals surface area contributed by atoms with Gasteiger partial charge in [-0.05, 0) is 35.4 Å². The van der Waals surface area contributed by atoms with Crippen LogP contribution in [-0.4, -0.2) is 14.8 Å². The van der Waals surface area contributed by atoms with Crippen LogP contribution >= 0.6 is 11.6 Å². The fourth-order valence-electron chi connectivity index (χ4n) is 2.19. The molecule has 1 aromatic heterocycles. The van der Waals surface area contributed by atoms with Gasteiger partial charge >= 0.3 is 0 Å². The minimum absolute atomic E-state index is 0.663. The summed E-state index contributed by atoms with van der Waals surface area (Å²) in [6, 6.07) is 13.5. The van der Waals surface area contributed by atoms with E-state index in [1.54, 1.807) is 6.33 Å². The van der Waals surface area contributed by atoms with Crippen LogP contribution in [0.25, 0.3) is 22.5 Å². The van der Waals surface area contributed by atoms with Crippen LogP contribution in [-0.2, 0) is 7.05 Å². The number of halogens is 1. The Morgan fingerprint density at radius 1 is 1.10 bits per heavy atom. The Morgan fingerprint density at radius 3 is 2.65 bits per heavy atom. The molecule has 1 heterocycles. The maximum absolute atomic E-state index is 6.12. The molecule has 0 saturated carbocycles. The van der Waals surface area contributed by atoms with Gasteiger partial charge in [0.25, 0.3) is 0 Å². The van der Waals surface area contributed by atoms with Crippen LogP contribution in [0.5, 0.6) is 0 Å². The molecule has 0 aliphatic carbocycles. The summed E-state index contributed by atoms with van der Waals surface area (Å²) in [7, 11) is 1.90. The second-order valence-electron chi connectivity index (χ2n) is 4.58. The van der Waals surface area contributed by atoms with Gasteiger partial charge < -0.3 is 10.3 Å². The quantitative estimate of drug-likeness (QED) is 0.734. The van der Waals surface area contributed by atoms with Gasteiger partial charge in [-0.15, -0.1) is 10.2 Å². The zero-order valence-corrected chi connectivity index (χ0v) is 11.7. The number of benzene rings is 2. The lowest BCUT2D eigenvalue weighted by atomic mass is 9.99. The molecule has 0 amide bonds. The molecule has 0 bridgehead atoms. The number of hydrogen-bond donors (Lipinski definition) is 1. The van der Waals surface area contributed by atoms with Crippen molar-refractivity contribution in [3.05, 3.63) is 53.8 Å². The van der Waals surface area contributed by atoms with Crippen molar-refractivity contribution in [2.24, 2.45) is 7.05 Å². The second-order valence-corrected chi connectivity index (χ2v) is 5.02. The highest BCUT2D eigenvalue weighted by Crippen LogP contribution is 2.33. The number of hydrogen-bond acceptors (Lipinski definition) is 3. The molecule has 0 fully saturated rings. The van der Waals surface area contributed by atoms with Crippen molar-refractivity contribution >= 4 is 17.3 Å². The average molecular weight is 285 g/mol. The first-order chi connectivity index (χ1) is 9.65. The number of nitrogen functional groups attached to an aromatic ring is 1. The lowest BCUT2D eigenvalue weighted by Crippen LogP contribution is -1.94. The number of anilines is 1. The maximum atomic E-state index is 6.12. The van der Waals surface area contributed by atoms with Gasteiger partial charge in [0.2, 0.25) is 0 Å². The van der Waals surface area contributed by atoms with Crippen LogP contribution in [0.4, 0.5) is 5.69 Å². The summed E-state index contributed by atoms with van der Waals surface area (Å²) in [5, 5.41) is 8.75.